The van der Waals surface area contributed by atoms with Crippen molar-refractivity contribution in [3.05, 3.63) is 67.7 Å². The number of non-ortho nitro benzene ring substituents is 1. The first-order valence-electron chi connectivity index (χ1n) is 8.55. The van der Waals surface area contributed by atoms with Crippen LogP contribution in [0.4, 0.5) is 5.69 Å². The van der Waals surface area contributed by atoms with E-state index in [-0.39, 0.29) is 16.0 Å². The summed E-state index contributed by atoms with van der Waals surface area (Å²) in [7, 11) is 1.76. The van der Waals surface area contributed by atoms with Crippen LogP contribution in [0.5, 0.6) is 5.75 Å². The fourth-order valence-corrected chi connectivity index (χ4v) is 4.25. The molecular weight excluding hydrogens is 382 g/mol. The Kier molecular flexibility index (Phi) is 3.87. The number of halogens is 1. The topological polar surface area (TPSA) is 52.4 Å². The highest BCUT2D eigenvalue weighted by atomic mass is 79.9. The standard InChI is InChI=1S/C20H20BrNO3/c1-20(7-8-20)18-10-13(21)9-17(19(18)25-2)16-11-15(16)12-3-5-14(6-4-12)22(23)24/h3-6,9-10,15-16H,7-8,11H2,1-2H3. The molecule has 0 radical (unpaired) electrons. The van der Waals surface area contributed by atoms with Gasteiger partial charge in [-0.2, -0.15) is 0 Å². The predicted octanol–water partition coefficient (Wildman–Crippen LogP) is 5.69. The lowest BCUT2D eigenvalue weighted by Crippen LogP contribution is -2.06. The van der Waals surface area contributed by atoms with Gasteiger partial charge in [0.15, 0.2) is 0 Å². The van der Waals surface area contributed by atoms with Crippen molar-refractivity contribution in [1.82, 2.24) is 0 Å². The lowest BCUT2D eigenvalue weighted by Gasteiger charge is -2.19. The van der Waals surface area contributed by atoms with Gasteiger partial charge in [-0.05, 0) is 59.8 Å². The third kappa shape index (κ3) is 2.95. The summed E-state index contributed by atoms with van der Waals surface area (Å²) >= 11 is 3.66. The number of rotatable bonds is 5. The molecule has 130 valence electrons. The van der Waals surface area contributed by atoms with E-state index in [2.05, 4.69) is 35.0 Å². The Morgan fingerprint density at radius 2 is 1.88 bits per heavy atom. The van der Waals surface area contributed by atoms with E-state index in [1.165, 1.54) is 24.0 Å². The van der Waals surface area contributed by atoms with Crippen molar-refractivity contribution < 1.29 is 9.66 Å². The van der Waals surface area contributed by atoms with Crippen LogP contribution in [0.15, 0.2) is 40.9 Å². The number of nitro groups is 1. The summed E-state index contributed by atoms with van der Waals surface area (Å²) in [6.07, 6.45) is 3.46. The first-order valence-corrected chi connectivity index (χ1v) is 9.34. The van der Waals surface area contributed by atoms with Crippen molar-refractivity contribution in [3.63, 3.8) is 0 Å². The van der Waals surface area contributed by atoms with Gasteiger partial charge in [0.1, 0.15) is 5.75 Å². The Bertz CT molecular complexity index is 843. The number of methoxy groups -OCH3 is 1. The van der Waals surface area contributed by atoms with Crippen LogP contribution < -0.4 is 4.74 Å². The van der Waals surface area contributed by atoms with E-state index in [0.717, 1.165) is 22.2 Å². The molecule has 2 atom stereocenters. The number of benzene rings is 2. The summed E-state index contributed by atoms with van der Waals surface area (Å²) in [5.41, 5.74) is 4.10. The Labute approximate surface area is 155 Å². The molecule has 4 nitrogen and oxygen atoms in total. The predicted molar refractivity (Wildman–Crippen MR) is 100 cm³/mol. The molecule has 0 amide bonds. The van der Waals surface area contributed by atoms with Crippen LogP contribution in [-0.4, -0.2) is 12.0 Å². The van der Waals surface area contributed by atoms with Gasteiger partial charge in [-0.15, -0.1) is 0 Å². The maximum atomic E-state index is 10.8. The zero-order chi connectivity index (χ0) is 17.8. The molecule has 2 unspecified atom stereocenters. The normalized spacial score (nSPS) is 23.2. The van der Waals surface area contributed by atoms with Crippen molar-refractivity contribution in [2.75, 3.05) is 7.11 Å². The maximum absolute atomic E-state index is 10.8. The molecule has 2 aliphatic rings. The van der Waals surface area contributed by atoms with E-state index in [1.807, 2.05) is 12.1 Å². The quantitative estimate of drug-likeness (QED) is 0.477. The second kappa shape index (κ2) is 5.84. The Morgan fingerprint density at radius 3 is 2.44 bits per heavy atom. The highest BCUT2D eigenvalue weighted by Gasteiger charge is 2.46. The largest absolute Gasteiger partial charge is 0.496 e. The zero-order valence-corrected chi connectivity index (χ0v) is 15.9. The van der Waals surface area contributed by atoms with Gasteiger partial charge in [-0.3, -0.25) is 10.1 Å². The summed E-state index contributed by atoms with van der Waals surface area (Å²) in [5.74, 6) is 1.84. The van der Waals surface area contributed by atoms with Crippen LogP contribution in [0.2, 0.25) is 0 Å². The highest BCUT2D eigenvalue weighted by Crippen LogP contribution is 2.60. The first kappa shape index (κ1) is 16.6. The smallest absolute Gasteiger partial charge is 0.269 e. The Morgan fingerprint density at radius 1 is 1.20 bits per heavy atom. The third-order valence-corrected chi connectivity index (χ3v) is 6.12. The second-order valence-electron chi connectivity index (χ2n) is 7.43. The summed E-state index contributed by atoms with van der Waals surface area (Å²) in [6, 6.07) is 11.3. The van der Waals surface area contributed by atoms with Gasteiger partial charge in [0.25, 0.3) is 5.69 Å². The monoisotopic (exact) mass is 401 g/mol. The second-order valence-corrected chi connectivity index (χ2v) is 8.35. The van der Waals surface area contributed by atoms with Crippen LogP contribution in [0.1, 0.15) is 54.7 Å². The molecule has 2 aromatic carbocycles. The van der Waals surface area contributed by atoms with Gasteiger partial charge < -0.3 is 4.74 Å². The molecule has 2 aliphatic carbocycles. The molecule has 0 N–H and O–H groups in total. The fraction of sp³-hybridized carbons (Fsp3) is 0.400. The molecule has 0 saturated heterocycles. The van der Waals surface area contributed by atoms with E-state index in [0.29, 0.717) is 11.8 Å². The molecule has 0 spiro atoms. The lowest BCUT2D eigenvalue weighted by atomic mass is 9.92. The van der Waals surface area contributed by atoms with Crippen LogP contribution in [0.3, 0.4) is 0 Å². The Balaban J connectivity index is 1.65. The van der Waals surface area contributed by atoms with Crippen LogP contribution in [0, 0.1) is 10.1 Å². The molecular formula is C20H20BrNO3. The maximum Gasteiger partial charge on any atom is 0.269 e. The van der Waals surface area contributed by atoms with Crippen molar-refractivity contribution in [3.8, 4) is 5.75 Å². The van der Waals surface area contributed by atoms with Crippen molar-refractivity contribution in [2.45, 2.75) is 43.4 Å². The van der Waals surface area contributed by atoms with Crippen LogP contribution >= 0.6 is 15.9 Å². The fourth-order valence-electron chi connectivity index (χ4n) is 3.77. The number of ether oxygens (including phenoxy) is 1. The Hall–Kier alpha value is -1.88. The van der Waals surface area contributed by atoms with Crippen LogP contribution in [0.25, 0.3) is 0 Å². The molecule has 2 aromatic rings. The summed E-state index contributed by atoms with van der Waals surface area (Å²) in [5, 5.41) is 10.8. The molecule has 2 saturated carbocycles. The molecule has 0 aliphatic heterocycles. The number of nitrogens with zero attached hydrogens (tertiary/aromatic N) is 1. The minimum absolute atomic E-state index is 0.143. The average Bonchev–Trinajstić information content (AvgIpc) is 3.50. The van der Waals surface area contributed by atoms with Crippen LogP contribution in [-0.2, 0) is 5.41 Å². The minimum atomic E-state index is -0.353. The van der Waals surface area contributed by atoms with E-state index in [9.17, 15) is 10.1 Å². The highest BCUT2D eigenvalue weighted by molar-refractivity contribution is 9.10. The molecule has 0 heterocycles. The van der Waals surface area contributed by atoms with E-state index >= 15 is 0 Å². The molecule has 5 heteroatoms. The van der Waals surface area contributed by atoms with Crippen molar-refractivity contribution in [2.24, 2.45) is 0 Å². The number of hydrogen-bond donors (Lipinski definition) is 0. The molecule has 25 heavy (non-hydrogen) atoms. The van der Waals surface area contributed by atoms with Gasteiger partial charge in [0, 0.05) is 22.2 Å². The molecule has 2 fully saturated rings. The van der Waals surface area contributed by atoms with E-state index < -0.39 is 0 Å². The van der Waals surface area contributed by atoms with Gasteiger partial charge in [0.05, 0.1) is 12.0 Å². The molecule has 0 bridgehead atoms. The van der Waals surface area contributed by atoms with Gasteiger partial charge in [-0.25, -0.2) is 0 Å². The molecule has 4 rings (SSSR count). The van der Waals surface area contributed by atoms with Crippen molar-refractivity contribution >= 4 is 21.6 Å². The van der Waals surface area contributed by atoms with Gasteiger partial charge in [-0.1, -0.05) is 35.0 Å². The molecule has 0 aromatic heterocycles. The van der Waals surface area contributed by atoms with Crippen molar-refractivity contribution in [1.29, 1.82) is 0 Å². The van der Waals surface area contributed by atoms with Gasteiger partial charge in [0.2, 0.25) is 0 Å². The SMILES string of the molecule is COc1c(C2CC2c2ccc([N+](=O)[O-])cc2)cc(Br)cc1C1(C)CC1. The average molecular weight is 402 g/mol. The summed E-state index contributed by atoms with van der Waals surface area (Å²) in [4.78, 5) is 10.5. The minimum Gasteiger partial charge on any atom is -0.496 e. The third-order valence-electron chi connectivity index (χ3n) is 5.66. The van der Waals surface area contributed by atoms with E-state index in [4.69, 9.17) is 4.74 Å². The summed E-state index contributed by atoms with van der Waals surface area (Å²) < 4.78 is 6.92. The first-order chi connectivity index (χ1) is 11.9. The lowest BCUT2D eigenvalue weighted by molar-refractivity contribution is -0.384. The summed E-state index contributed by atoms with van der Waals surface area (Å²) in [6.45, 7) is 2.29. The zero-order valence-electron chi connectivity index (χ0n) is 14.3. The number of nitro benzene ring substituents is 1. The number of hydrogen-bond acceptors (Lipinski definition) is 3. The van der Waals surface area contributed by atoms with Gasteiger partial charge >= 0.3 is 0 Å². The van der Waals surface area contributed by atoms with E-state index in [1.54, 1.807) is 19.2 Å².